The monoisotopic (exact) mass is 244 g/mol. The molecule has 4 nitrogen and oxygen atoms in total. The lowest BCUT2D eigenvalue weighted by Gasteiger charge is -2.09. The molecule has 0 radical (unpaired) electrons. The number of nitrogen functional groups attached to an aromatic ring is 1. The van der Waals surface area contributed by atoms with Gasteiger partial charge in [-0.1, -0.05) is 0 Å². The zero-order valence-corrected chi connectivity index (χ0v) is 9.37. The first-order valence-corrected chi connectivity index (χ1v) is 5.13. The van der Waals surface area contributed by atoms with Crippen LogP contribution in [0.25, 0.3) is 0 Å². The minimum atomic E-state index is -2.56. The van der Waals surface area contributed by atoms with E-state index in [1.165, 1.54) is 18.2 Å². The number of halogens is 2. The van der Waals surface area contributed by atoms with Crippen molar-refractivity contribution in [3.05, 3.63) is 23.8 Å². The molecule has 94 valence electrons. The summed E-state index contributed by atoms with van der Waals surface area (Å²) in [5.74, 6) is -0.113. The maximum atomic E-state index is 11.9. The summed E-state index contributed by atoms with van der Waals surface area (Å²) < 4.78 is 28.6. The molecule has 0 bridgehead atoms. The molecule has 0 fully saturated rings. The molecule has 0 atom stereocenters. The highest BCUT2D eigenvalue weighted by Crippen LogP contribution is 2.22. The van der Waals surface area contributed by atoms with Crippen LogP contribution in [-0.4, -0.2) is 25.5 Å². The van der Waals surface area contributed by atoms with Gasteiger partial charge in [-0.05, 0) is 25.1 Å². The van der Waals surface area contributed by atoms with Crippen molar-refractivity contribution in [2.75, 3.05) is 18.9 Å². The van der Waals surface area contributed by atoms with Crippen LogP contribution in [0, 0.1) is 0 Å². The lowest BCUT2D eigenvalue weighted by molar-refractivity contribution is 0.0822. The van der Waals surface area contributed by atoms with E-state index in [9.17, 15) is 13.6 Å². The highest BCUT2D eigenvalue weighted by atomic mass is 19.3. The van der Waals surface area contributed by atoms with Gasteiger partial charge in [-0.3, -0.25) is 4.79 Å². The molecule has 0 saturated heterocycles. The molecular weight excluding hydrogens is 230 g/mol. The quantitative estimate of drug-likeness (QED) is 0.774. The predicted octanol–water partition coefficient (Wildman–Crippen LogP) is 1.66. The summed E-state index contributed by atoms with van der Waals surface area (Å²) in [6.07, 6.45) is -2.56. The molecule has 0 aliphatic heterocycles. The van der Waals surface area contributed by atoms with Gasteiger partial charge >= 0.3 is 0 Å². The van der Waals surface area contributed by atoms with Gasteiger partial charge in [0.25, 0.3) is 12.3 Å². The number of alkyl halides is 2. The Morgan fingerprint density at radius 3 is 2.76 bits per heavy atom. The van der Waals surface area contributed by atoms with E-state index in [2.05, 4.69) is 5.32 Å². The zero-order chi connectivity index (χ0) is 12.8. The van der Waals surface area contributed by atoms with Gasteiger partial charge in [0.05, 0.1) is 5.69 Å². The number of carbonyl (C=O) groups is 1. The van der Waals surface area contributed by atoms with Crippen LogP contribution in [0.4, 0.5) is 14.5 Å². The first-order chi connectivity index (χ1) is 8.04. The molecule has 3 N–H and O–H groups in total. The maximum absolute atomic E-state index is 11.9. The summed E-state index contributed by atoms with van der Waals surface area (Å²) in [6.45, 7) is 1.58. The molecular formula is C11H14F2N2O2. The molecule has 0 spiro atoms. The number of nitrogens with two attached hydrogens (primary N) is 1. The largest absolute Gasteiger partial charge is 0.485 e. The second-order valence-electron chi connectivity index (χ2n) is 3.31. The minimum absolute atomic E-state index is 0.151. The summed E-state index contributed by atoms with van der Waals surface area (Å²) in [5.41, 5.74) is 6.12. The van der Waals surface area contributed by atoms with Crippen molar-refractivity contribution >= 4 is 11.6 Å². The smallest absolute Gasteiger partial charge is 0.272 e. The number of anilines is 1. The molecule has 17 heavy (non-hydrogen) atoms. The van der Waals surface area contributed by atoms with E-state index >= 15 is 0 Å². The Kier molecular flexibility index (Phi) is 4.68. The van der Waals surface area contributed by atoms with Crippen molar-refractivity contribution in [2.45, 2.75) is 13.3 Å². The van der Waals surface area contributed by atoms with Crippen LogP contribution < -0.4 is 15.8 Å². The molecule has 1 aromatic carbocycles. The topological polar surface area (TPSA) is 64.3 Å². The number of hydrogen-bond donors (Lipinski definition) is 2. The molecule has 0 heterocycles. The van der Waals surface area contributed by atoms with E-state index in [0.29, 0.717) is 12.1 Å². The van der Waals surface area contributed by atoms with Crippen LogP contribution in [0.1, 0.15) is 17.3 Å². The average Bonchev–Trinajstić information content (AvgIpc) is 2.27. The van der Waals surface area contributed by atoms with Crippen molar-refractivity contribution < 1.29 is 18.3 Å². The van der Waals surface area contributed by atoms with Crippen LogP contribution in [0.5, 0.6) is 5.75 Å². The Morgan fingerprint density at radius 1 is 1.53 bits per heavy atom. The van der Waals surface area contributed by atoms with Crippen LogP contribution >= 0.6 is 0 Å². The standard InChI is InChI=1S/C11H14F2N2O2/c1-2-15-11(16)7-3-4-9(8(14)5-7)17-6-10(12)13/h3-5,10H,2,6,14H2,1H3,(H,15,16). The SMILES string of the molecule is CCNC(=O)c1ccc(OCC(F)F)c(N)c1. The van der Waals surface area contributed by atoms with E-state index in [-0.39, 0.29) is 17.3 Å². The summed E-state index contributed by atoms with van der Waals surface area (Å²) in [5, 5.41) is 2.60. The molecule has 1 amide bonds. The second kappa shape index (κ2) is 6.03. The van der Waals surface area contributed by atoms with Gasteiger partial charge in [0.1, 0.15) is 12.4 Å². The Bertz CT molecular complexity index is 397. The highest BCUT2D eigenvalue weighted by molar-refractivity contribution is 5.95. The number of rotatable bonds is 5. The van der Waals surface area contributed by atoms with Gasteiger partial charge in [0.2, 0.25) is 0 Å². The molecule has 6 heteroatoms. The van der Waals surface area contributed by atoms with Crippen molar-refractivity contribution in [2.24, 2.45) is 0 Å². The maximum Gasteiger partial charge on any atom is 0.272 e. The molecule has 0 aliphatic rings. The number of carbonyl (C=O) groups excluding carboxylic acids is 1. The van der Waals surface area contributed by atoms with Gasteiger partial charge in [-0.15, -0.1) is 0 Å². The van der Waals surface area contributed by atoms with Gasteiger partial charge < -0.3 is 15.8 Å². The molecule has 1 rings (SSSR count). The average molecular weight is 244 g/mol. The molecule has 0 aliphatic carbocycles. The number of ether oxygens (including phenoxy) is 1. The lowest BCUT2D eigenvalue weighted by atomic mass is 10.2. The molecule has 0 saturated carbocycles. The van der Waals surface area contributed by atoms with Gasteiger partial charge in [-0.2, -0.15) is 0 Å². The lowest BCUT2D eigenvalue weighted by Crippen LogP contribution is -2.22. The van der Waals surface area contributed by atoms with E-state index in [1.54, 1.807) is 6.92 Å². The highest BCUT2D eigenvalue weighted by Gasteiger charge is 2.09. The normalized spacial score (nSPS) is 10.4. The summed E-state index contributed by atoms with van der Waals surface area (Å²) in [6, 6.07) is 4.27. The fraction of sp³-hybridized carbons (Fsp3) is 0.364. The second-order valence-corrected chi connectivity index (χ2v) is 3.31. The van der Waals surface area contributed by atoms with E-state index < -0.39 is 13.0 Å². The van der Waals surface area contributed by atoms with E-state index in [0.717, 1.165) is 0 Å². The Balaban J connectivity index is 2.75. The number of hydrogen-bond acceptors (Lipinski definition) is 3. The van der Waals surface area contributed by atoms with Crippen molar-refractivity contribution in [1.29, 1.82) is 0 Å². The Morgan fingerprint density at radius 2 is 2.24 bits per heavy atom. The van der Waals surface area contributed by atoms with Crippen molar-refractivity contribution in [3.63, 3.8) is 0 Å². The first-order valence-electron chi connectivity index (χ1n) is 5.13. The Hall–Kier alpha value is -1.85. The third-order valence-corrected chi connectivity index (χ3v) is 1.97. The van der Waals surface area contributed by atoms with Crippen molar-refractivity contribution in [1.82, 2.24) is 5.32 Å². The summed E-state index contributed by atoms with van der Waals surface area (Å²) in [4.78, 5) is 11.4. The van der Waals surface area contributed by atoms with Crippen LogP contribution in [-0.2, 0) is 0 Å². The number of benzene rings is 1. The van der Waals surface area contributed by atoms with Crippen LogP contribution in [0.3, 0.4) is 0 Å². The third kappa shape index (κ3) is 3.90. The van der Waals surface area contributed by atoms with Gasteiger partial charge in [0.15, 0.2) is 0 Å². The first kappa shape index (κ1) is 13.2. The molecule has 0 unspecified atom stereocenters. The molecule has 1 aromatic rings. The Labute approximate surface area is 97.8 Å². The predicted molar refractivity (Wildman–Crippen MR) is 60.4 cm³/mol. The minimum Gasteiger partial charge on any atom is -0.485 e. The summed E-state index contributed by atoms with van der Waals surface area (Å²) >= 11 is 0. The van der Waals surface area contributed by atoms with E-state index in [1.807, 2.05) is 0 Å². The van der Waals surface area contributed by atoms with Crippen LogP contribution in [0.2, 0.25) is 0 Å². The van der Waals surface area contributed by atoms with Crippen molar-refractivity contribution in [3.8, 4) is 5.75 Å². The molecule has 0 aromatic heterocycles. The third-order valence-electron chi connectivity index (χ3n) is 1.97. The number of nitrogens with one attached hydrogen (secondary N) is 1. The van der Waals surface area contributed by atoms with Gasteiger partial charge in [-0.25, -0.2) is 8.78 Å². The van der Waals surface area contributed by atoms with Gasteiger partial charge in [0, 0.05) is 12.1 Å². The van der Waals surface area contributed by atoms with Crippen LogP contribution in [0.15, 0.2) is 18.2 Å². The fourth-order valence-corrected chi connectivity index (χ4v) is 1.24. The number of amides is 1. The fourth-order valence-electron chi connectivity index (χ4n) is 1.24. The zero-order valence-electron chi connectivity index (χ0n) is 9.37. The summed E-state index contributed by atoms with van der Waals surface area (Å²) in [7, 11) is 0. The van der Waals surface area contributed by atoms with E-state index in [4.69, 9.17) is 10.5 Å².